The predicted molar refractivity (Wildman–Crippen MR) is 79.5 cm³/mol. The fourth-order valence-electron chi connectivity index (χ4n) is 1.98. The van der Waals surface area contributed by atoms with E-state index in [9.17, 15) is 15.0 Å². The summed E-state index contributed by atoms with van der Waals surface area (Å²) < 4.78 is 0. The molecule has 110 valence electrons. The van der Waals surface area contributed by atoms with E-state index in [0.717, 1.165) is 11.1 Å². The average molecular weight is 287 g/mol. The van der Waals surface area contributed by atoms with Crippen LogP contribution in [-0.4, -0.2) is 21.3 Å². The Labute approximate surface area is 122 Å². The van der Waals surface area contributed by atoms with Crippen LogP contribution < -0.4 is 5.32 Å². The second kappa shape index (κ2) is 6.65. The fourth-order valence-corrected chi connectivity index (χ4v) is 1.98. The van der Waals surface area contributed by atoms with Crippen LogP contribution in [0.15, 0.2) is 42.5 Å². The number of para-hydroxylation sites is 1. The van der Waals surface area contributed by atoms with Gasteiger partial charge < -0.3 is 20.6 Å². The van der Waals surface area contributed by atoms with Gasteiger partial charge in [-0.3, -0.25) is 4.79 Å². The zero-order chi connectivity index (χ0) is 15.2. The first-order valence-electron chi connectivity index (χ1n) is 6.60. The topological polar surface area (TPSA) is 89.8 Å². The minimum atomic E-state index is -0.865. The Morgan fingerprint density at radius 1 is 1.05 bits per heavy atom. The SMILES string of the molecule is O=C(O)CCc1ccc(NCc2ccccc2O)c(O)c1. The van der Waals surface area contributed by atoms with Gasteiger partial charge in [0.1, 0.15) is 11.5 Å². The maximum Gasteiger partial charge on any atom is 0.303 e. The quantitative estimate of drug-likeness (QED) is 0.613. The molecule has 0 aliphatic rings. The number of anilines is 1. The third kappa shape index (κ3) is 4.14. The molecule has 21 heavy (non-hydrogen) atoms. The first-order valence-corrected chi connectivity index (χ1v) is 6.60. The lowest BCUT2D eigenvalue weighted by molar-refractivity contribution is -0.136. The Morgan fingerprint density at radius 3 is 2.48 bits per heavy atom. The maximum absolute atomic E-state index is 10.5. The molecule has 5 nitrogen and oxygen atoms in total. The zero-order valence-corrected chi connectivity index (χ0v) is 11.4. The van der Waals surface area contributed by atoms with Crippen LogP contribution in [0.5, 0.6) is 11.5 Å². The molecule has 0 aliphatic heterocycles. The highest BCUT2D eigenvalue weighted by Crippen LogP contribution is 2.26. The highest BCUT2D eigenvalue weighted by Gasteiger charge is 2.06. The first kappa shape index (κ1) is 14.7. The molecular formula is C16H17NO4. The Balaban J connectivity index is 2.01. The Hall–Kier alpha value is -2.69. The van der Waals surface area contributed by atoms with Gasteiger partial charge in [-0.15, -0.1) is 0 Å². The summed E-state index contributed by atoms with van der Waals surface area (Å²) in [6, 6.07) is 12.0. The lowest BCUT2D eigenvalue weighted by Gasteiger charge is -2.11. The van der Waals surface area contributed by atoms with E-state index in [1.165, 1.54) is 0 Å². The minimum absolute atomic E-state index is 0.0318. The van der Waals surface area contributed by atoms with Crippen LogP contribution in [0.3, 0.4) is 0 Å². The van der Waals surface area contributed by atoms with Crippen molar-refractivity contribution in [3.63, 3.8) is 0 Å². The second-order valence-corrected chi connectivity index (χ2v) is 4.73. The summed E-state index contributed by atoms with van der Waals surface area (Å²) in [5, 5.41) is 31.3. The monoisotopic (exact) mass is 287 g/mol. The summed E-state index contributed by atoms with van der Waals surface area (Å²) in [4.78, 5) is 10.5. The van der Waals surface area contributed by atoms with E-state index in [2.05, 4.69) is 5.32 Å². The molecule has 0 aliphatic carbocycles. The summed E-state index contributed by atoms with van der Waals surface area (Å²) in [5.74, 6) is -0.605. The van der Waals surface area contributed by atoms with Crippen LogP contribution in [0.1, 0.15) is 17.5 Å². The van der Waals surface area contributed by atoms with Gasteiger partial charge in [-0.2, -0.15) is 0 Å². The summed E-state index contributed by atoms with van der Waals surface area (Å²) in [6.07, 6.45) is 0.409. The first-order chi connectivity index (χ1) is 10.1. The molecule has 2 aromatic rings. The van der Waals surface area contributed by atoms with Crippen molar-refractivity contribution in [3.05, 3.63) is 53.6 Å². The molecule has 0 spiro atoms. The lowest BCUT2D eigenvalue weighted by atomic mass is 10.1. The normalized spacial score (nSPS) is 10.3. The van der Waals surface area contributed by atoms with E-state index in [-0.39, 0.29) is 17.9 Å². The van der Waals surface area contributed by atoms with E-state index in [1.807, 2.05) is 6.07 Å². The molecule has 0 heterocycles. The van der Waals surface area contributed by atoms with E-state index < -0.39 is 5.97 Å². The standard InChI is InChI=1S/C16H17NO4/c18-14-4-2-1-3-12(14)10-17-13-7-5-11(9-15(13)19)6-8-16(20)21/h1-5,7,9,17-19H,6,8,10H2,(H,20,21). The number of phenolic OH excluding ortho intramolecular Hbond substituents is 2. The number of benzene rings is 2. The van der Waals surface area contributed by atoms with Crippen molar-refractivity contribution in [2.75, 3.05) is 5.32 Å². The third-order valence-electron chi connectivity index (χ3n) is 3.15. The van der Waals surface area contributed by atoms with Crippen LogP contribution in [-0.2, 0) is 17.8 Å². The van der Waals surface area contributed by atoms with Gasteiger partial charge in [0.2, 0.25) is 0 Å². The second-order valence-electron chi connectivity index (χ2n) is 4.73. The largest absolute Gasteiger partial charge is 0.508 e. The number of nitrogens with one attached hydrogen (secondary N) is 1. The van der Waals surface area contributed by atoms with Gasteiger partial charge in [0.15, 0.2) is 0 Å². The van der Waals surface area contributed by atoms with Crippen molar-refractivity contribution in [2.45, 2.75) is 19.4 Å². The van der Waals surface area contributed by atoms with Gasteiger partial charge >= 0.3 is 5.97 Å². The molecule has 0 radical (unpaired) electrons. The van der Waals surface area contributed by atoms with Gasteiger partial charge in [0.25, 0.3) is 0 Å². The molecule has 5 heteroatoms. The molecule has 0 saturated carbocycles. The molecule has 0 aromatic heterocycles. The van der Waals surface area contributed by atoms with Crippen LogP contribution in [0, 0.1) is 0 Å². The predicted octanol–water partition coefficient (Wildman–Crippen LogP) is 2.73. The number of carboxylic acid groups (broad SMARTS) is 1. The van der Waals surface area contributed by atoms with Gasteiger partial charge in [0, 0.05) is 18.5 Å². The van der Waals surface area contributed by atoms with Crippen molar-refractivity contribution in [1.29, 1.82) is 0 Å². The fraction of sp³-hybridized carbons (Fsp3) is 0.188. The van der Waals surface area contributed by atoms with E-state index in [0.29, 0.717) is 18.7 Å². The molecule has 0 unspecified atom stereocenters. The number of phenols is 2. The van der Waals surface area contributed by atoms with Crippen LogP contribution in [0.4, 0.5) is 5.69 Å². The Morgan fingerprint density at radius 2 is 1.81 bits per heavy atom. The van der Waals surface area contributed by atoms with E-state index in [4.69, 9.17) is 5.11 Å². The molecule has 0 amide bonds. The van der Waals surface area contributed by atoms with Crippen molar-refractivity contribution in [2.24, 2.45) is 0 Å². The number of aromatic hydroxyl groups is 2. The summed E-state index contributed by atoms with van der Waals surface area (Å²) in [7, 11) is 0. The smallest absolute Gasteiger partial charge is 0.303 e. The van der Waals surface area contributed by atoms with E-state index in [1.54, 1.807) is 36.4 Å². The zero-order valence-electron chi connectivity index (χ0n) is 11.4. The Bertz CT molecular complexity index is 640. The van der Waals surface area contributed by atoms with Gasteiger partial charge in [-0.25, -0.2) is 0 Å². The molecular weight excluding hydrogens is 270 g/mol. The number of hydrogen-bond donors (Lipinski definition) is 4. The van der Waals surface area contributed by atoms with Crippen LogP contribution >= 0.6 is 0 Å². The van der Waals surface area contributed by atoms with Gasteiger partial charge in [0.05, 0.1) is 5.69 Å². The summed E-state index contributed by atoms with van der Waals surface area (Å²) in [6.45, 7) is 0.384. The van der Waals surface area contributed by atoms with Crippen molar-refractivity contribution in [1.82, 2.24) is 0 Å². The molecule has 2 aromatic carbocycles. The van der Waals surface area contributed by atoms with Gasteiger partial charge in [-0.1, -0.05) is 24.3 Å². The number of aryl methyl sites for hydroxylation is 1. The number of hydrogen-bond acceptors (Lipinski definition) is 4. The minimum Gasteiger partial charge on any atom is -0.508 e. The Kier molecular flexibility index (Phi) is 4.66. The van der Waals surface area contributed by atoms with Crippen molar-refractivity contribution < 1.29 is 20.1 Å². The van der Waals surface area contributed by atoms with Crippen molar-refractivity contribution in [3.8, 4) is 11.5 Å². The number of rotatable bonds is 6. The number of carbonyl (C=O) groups is 1. The molecule has 0 bridgehead atoms. The molecule has 0 fully saturated rings. The number of carboxylic acids is 1. The molecule has 0 atom stereocenters. The highest BCUT2D eigenvalue weighted by molar-refractivity contribution is 5.67. The van der Waals surface area contributed by atoms with Crippen molar-refractivity contribution >= 4 is 11.7 Å². The van der Waals surface area contributed by atoms with Crippen LogP contribution in [0.2, 0.25) is 0 Å². The summed E-state index contributed by atoms with van der Waals surface area (Å²) in [5.41, 5.74) is 2.03. The maximum atomic E-state index is 10.5. The average Bonchev–Trinajstić information content (AvgIpc) is 2.45. The summed E-state index contributed by atoms with van der Waals surface area (Å²) >= 11 is 0. The lowest BCUT2D eigenvalue weighted by Crippen LogP contribution is -2.01. The van der Waals surface area contributed by atoms with E-state index >= 15 is 0 Å². The number of aliphatic carboxylic acids is 1. The van der Waals surface area contributed by atoms with Gasteiger partial charge in [-0.05, 0) is 30.2 Å². The molecule has 0 saturated heterocycles. The molecule has 4 N–H and O–H groups in total. The highest BCUT2D eigenvalue weighted by atomic mass is 16.4. The van der Waals surface area contributed by atoms with Crippen LogP contribution in [0.25, 0.3) is 0 Å². The third-order valence-corrected chi connectivity index (χ3v) is 3.15. The molecule has 2 rings (SSSR count).